The lowest BCUT2D eigenvalue weighted by Crippen LogP contribution is -2.32. The Hall–Kier alpha value is -3.22. The summed E-state index contributed by atoms with van der Waals surface area (Å²) in [5.41, 5.74) is 1.45. The largest absolute Gasteiger partial charge is 0.497 e. The molecule has 0 bridgehead atoms. The zero-order valence-electron chi connectivity index (χ0n) is 15.2. The molecule has 0 N–H and O–H groups in total. The zero-order valence-corrected chi connectivity index (χ0v) is 15.2. The van der Waals surface area contributed by atoms with Crippen molar-refractivity contribution in [3.63, 3.8) is 0 Å². The molecule has 1 fully saturated rings. The summed E-state index contributed by atoms with van der Waals surface area (Å²) in [5.74, 6) is 2.10. The Kier molecular flexibility index (Phi) is 4.58. The molecule has 1 saturated carbocycles. The molecule has 0 saturated heterocycles. The molecule has 27 heavy (non-hydrogen) atoms. The van der Waals surface area contributed by atoms with Gasteiger partial charge in [-0.2, -0.15) is 0 Å². The van der Waals surface area contributed by atoms with Crippen LogP contribution in [0.25, 0.3) is 11.3 Å². The number of carbonyl (C=O) groups excluding carboxylic acids is 1. The first-order valence-electron chi connectivity index (χ1n) is 8.72. The topological polar surface area (TPSA) is 77.9 Å². The SMILES string of the molecule is COc1ccc(-c2cc(CN(C(=O)c3ccco3)C3CC3)no2)c(OC)c1. The molecular weight excluding hydrogens is 348 g/mol. The Balaban J connectivity index is 1.56. The van der Waals surface area contributed by atoms with Crippen molar-refractivity contribution in [2.24, 2.45) is 0 Å². The molecule has 3 aromatic rings. The van der Waals surface area contributed by atoms with E-state index in [0.29, 0.717) is 35.3 Å². The lowest BCUT2D eigenvalue weighted by atomic mass is 10.1. The normalized spacial score (nSPS) is 13.4. The number of aromatic nitrogens is 1. The molecule has 0 spiro atoms. The van der Waals surface area contributed by atoms with Crippen molar-refractivity contribution in [3.05, 3.63) is 54.1 Å². The minimum absolute atomic E-state index is 0.130. The van der Waals surface area contributed by atoms with E-state index in [-0.39, 0.29) is 11.9 Å². The maximum atomic E-state index is 12.7. The van der Waals surface area contributed by atoms with Crippen molar-refractivity contribution >= 4 is 5.91 Å². The van der Waals surface area contributed by atoms with E-state index in [1.165, 1.54) is 6.26 Å². The van der Waals surface area contributed by atoms with Crippen LogP contribution in [0.15, 0.2) is 51.6 Å². The lowest BCUT2D eigenvalue weighted by Gasteiger charge is -2.19. The Morgan fingerprint density at radius 3 is 2.74 bits per heavy atom. The molecule has 2 heterocycles. The van der Waals surface area contributed by atoms with Crippen LogP contribution in [-0.4, -0.2) is 36.2 Å². The molecule has 1 aliphatic rings. The van der Waals surface area contributed by atoms with Crippen LogP contribution < -0.4 is 9.47 Å². The highest BCUT2D eigenvalue weighted by Crippen LogP contribution is 2.35. The van der Waals surface area contributed by atoms with Gasteiger partial charge in [-0.3, -0.25) is 4.79 Å². The maximum absolute atomic E-state index is 12.7. The summed E-state index contributed by atoms with van der Waals surface area (Å²) in [6.45, 7) is 0.367. The number of hydrogen-bond donors (Lipinski definition) is 0. The third-order valence-corrected chi connectivity index (χ3v) is 4.55. The summed E-state index contributed by atoms with van der Waals surface area (Å²) in [4.78, 5) is 14.5. The van der Waals surface area contributed by atoms with E-state index in [1.807, 2.05) is 18.2 Å². The number of furan rings is 1. The van der Waals surface area contributed by atoms with Crippen molar-refractivity contribution in [1.82, 2.24) is 10.1 Å². The molecule has 2 aromatic heterocycles. The number of benzene rings is 1. The fourth-order valence-electron chi connectivity index (χ4n) is 2.98. The lowest BCUT2D eigenvalue weighted by molar-refractivity contribution is 0.0693. The van der Waals surface area contributed by atoms with Gasteiger partial charge in [-0.05, 0) is 37.1 Å². The molecule has 1 amide bonds. The van der Waals surface area contributed by atoms with E-state index < -0.39 is 0 Å². The summed E-state index contributed by atoms with van der Waals surface area (Å²) >= 11 is 0. The Bertz CT molecular complexity index is 928. The van der Waals surface area contributed by atoms with E-state index >= 15 is 0 Å². The second-order valence-corrected chi connectivity index (χ2v) is 6.39. The third kappa shape index (κ3) is 3.53. The minimum atomic E-state index is -0.130. The molecule has 7 heteroatoms. The highest BCUT2D eigenvalue weighted by atomic mass is 16.5. The van der Waals surface area contributed by atoms with Crippen molar-refractivity contribution in [1.29, 1.82) is 0 Å². The van der Waals surface area contributed by atoms with Gasteiger partial charge in [0.25, 0.3) is 5.91 Å². The van der Waals surface area contributed by atoms with E-state index in [2.05, 4.69) is 5.16 Å². The van der Waals surface area contributed by atoms with Crippen LogP contribution in [0.1, 0.15) is 29.1 Å². The predicted octanol–water partition coefficient (Wildman–Crippen LogP) is 3.76. The molecule has 4 rings (SSSR count). The fourth-order valence-corrected chi connectivity index (χ4v) is 2.98. The molecule has 0 unspecified atom stereocenters. The minimum Gasteiger partial charge on any atom is -0.497 e. The summed E-state index contributed by atoms with van der Waals surface area (Å²) in [5, 5.41) is 4.14. The van der Waals surface area contributed by atoms with Gasteiger partial charge in [-0.25, -0.2) is 0 Å². The highest BCUT2D eigenvalue weighted by molar-refractivity contribution is 5.91. The van der Waals surface area contributed by atoms with Gasteiger partial charge in [0.2, 0.25) is 0 Å². The van der Waals surface area contributed by atoms with Crippen LogP contribution in [0.2, 0.25) is 0 Å². The zero-order chi connectivity index (χ0) is 18.8. The van der Waals surface area contributed by atoms with Gasteiger partial charge < -0.3 is 23.3 Å². The van der Waals surface area contributed by atoms with Crippen LogP contribution in [0.4, 0.5) is 0 Å². The second-order valence-electron chi connectivity index (χ2n) is 6.39. The number of ether oxygens (including phenoxy) is 2. The average molecular weight is 368 g/mol. The van der Waals surface area contributed by atoms with Crippen molar-refractivity contribution in [2.75, 3.05) is 14.2 Å². The first-order chi connectivity index (χ1) is 13.2. The van der Waals surface area contributed by atoms with Gasteiger partial charge in [0, 0.05) is 18.2 Å². The maximum Gasteiger partial charge on any atom is 0.290 e. The number of methoxy groups -OCH3 is 2. The second kappa shape index (κ2) is 7.19. The van der Waals surface area contributed by atoms with Crippen LogP contribution in [0.3, 0.4) is 0 Å². The standard InChI is InChI=1S/C20H20N2O5/c1-24-15-7-8-16(18(11-15)25-2)19-10-13(21-27-19)12-22(14-5-6-14)20(23)17-4-3-9-26-17/h3-4,7-11,14H,5-6,12H2,1-2H3. The van der Waals surface area contributed by atoms with Gasteiger partial charge in [0.15, 0.2) is 11.5 Å². The summed E-state index contributed by atoms with van der Waals surface area (Å²) in [6, 6.07) is 10.9. The van der Waals surface area contributed by atoms with Gasteiger partial charge in [-0.1, -0.05) is 5.16 Å². The van der Waals surface area contributed by atoms with Gasteiger partial charge in [0.1, 0.15) is 17.2 Å². The average Bonchev–Trinajstić information content (AvgIpc) is 3.20. The monoisotopic (exact) mass is 368 g/mol. The number of carbonyl (C=O) groups is 1. The van der Waals surface area contributed by atoms with Gasteiger partial charge in [0.05, 0.1) is 32.6 Å². The summed E-state index contributed by atoms with van der Waals surface area (Å²) in [6.07, 6.45) is 3.48. The Morgan fingerprint density at radius 2 is 2.07 bits per heavy atom. The molecule has 0 aliphatic heterocycles. The van der Waals surface area contributed by atoms with Crippen molar-refractivity contribution in [3.8, 4) is 22.8 Å². The van der Waals surface area contributed by atoms with Crippen molar-refractivity contribution < 1.29 is 23.2 Å². The number of hydrogen-bond acceptors (Lipinski definition) is 6. The molecule has 0 radical (unpaired) electrons. The van der Waals surface area contributed by atoms with Gasteiger partial charge in [-0.15, -0.1) is 0 Å². The van der Waals surface area contributed by atoms with E-state index in [0.717, 1.165) is 18.4 Å². The Morgan fingerprint density at radius 1 is 1.22 bits per heavy atom. The first kappa shape index (κ1) is 17.2. The van der Waals surface area contributed by atoms with Crippen molar-refractivity contribution in [2.45, 2.75) is 25.4 Å². The number of amides is 1. The number of nitrogens with zero attached hydrogens (tertiary/aromatic N) is 2. The Labute approximate surface area is 156 Å². The van der Waals surface area contributed by atoms with Crippen LogP contribution in [-0.2, 0) is 6.54 Å². The molecule has 0 atom stereocenters. The molecule has 1 aliphatic carbocycles. The third-order valence-electron chi connectivity index (χ3n) is 4.55. The molecule has 1 aromatic carbocycles. The highest BCUT2D eigenvalue weighted by Gasteiger charge is 2.34. The molecule has 140 valence electrons. The fraction of sp³-hybridized carbons (Fsp3) is 0.300. The smallest absolute Gasteiger partial charge is 0.290 e. The van der Waals surface area contributed by atoms with E-state index in [1.54, 1.807) is 37.3 Å². The van der Waals surface area contributed by atoms with E-state index in [9.17, 15) is 4.79 Å². The number of rotatable bonds is 7. The van der Waals surface area contributed by atoms with Crippen LogP contribution in [0.5, 0.6) is 11.5 Å². The van der Waals surface area contributed by atoms with Crippen LogP contribution >= 0.6 is 0 Å². The summed E-state index contributed by atoms with van der Waals surface area (Å²) < 4.78 is 21.4. The van der Waals surface area contributed by atoms with Crippen LogP contribution in [0, 0.1) is 0 Å². The molecular formula is C20H20N2O5. The first-order valence-corrected chi connectivity index (χ1v) is 8.72. The predicted molar refractivity (Wildman–Crippen MR) is 96.6 cm³/mol. The summed E-state index contributed by atoms with van der Waals surface area (Å²) in [7, 11) is 3.19. The molecule has 7 nitrogen and oxygen atoms in total. The quantitative estimate of drug-likeness (QED) is 0.632. The van der Waals surface area contributed by atoms with Gasteiger partial charge >= 0.3 is 0 Å². The van der Waals surface area contributed by atoms with E-state index in [4.69, 9.17) is 18.4 Å².